The molecule has 2 heteroatoms. The minimum Gasteiger partial charge on any atom is -0.310 e. The van der Waals surface area contributed by atoms with Gasteiger partial charge in [-0.2, -0.15) is 0 Å². The van der Waals surface area contributed by atoms with Crippen LogP contribution in [-0.4, -0.2) is 6.54 Å². The third-order valence-corrected chi connectivity index (χ3v) is 3.49. The number of halogens is 1. The molecule has 0 spiro atoms. The van der Waals surface area contributed by atoms with E-state index in [2.05, 4.69) is 45.1 Å². The van der Waals surface area contributed by atoms with Crippen LogP contribution in [0.15, 0.2) is 18.2 Å². The number of nitrogens with one attached hydrogen (secondary N) is 1. The lowest BCUT2D eigenvalue weighted by atomic mass is 9.96. The molecule has 1 N–H and O–H groups in total. The average Bonchev–Trinajstić information content (AvgIpc) is 2.28. The van der Waals surface area contributed by atoms with Crippen LogP contribution < -0.4 is 5.32 Å². The second kappa shape index (κ2) is 7.03. The quantitative estimate of drug-likeness (QED) is 0.773. The normalized spacial score (nSPS) is 13.1. The van der Waals surface area contributed by atoms with E-state index < -0.39 is 0 Å². The number of rotatable bonds is 6. The molecular weight excluding hydrogens is 230 g/mol. The van der Waals surface area contributed by atoms with Crippen molar-refractivity contribution in [2.45, 2.75) is 46.6 Å². The molecule has 17 heavy (non-hydrogen) atoms. The zero-order chi connectivity index (χ0) is 12.8. The standard InChI is InChI=1S/C15H24ClN/c1-5-17-15(9-6-11(2)3)13-7-8-14(16)12(4)10-13/h7-8,10-11,15,17H,5-6,9H2,1-4H3. The van der Waals surface area contributed by atoms with Crippen molar-refractivity contribution in [3.63, 3.8) is 0 Å². The summed E-state index contributed by atoms with van der Waals surface area (Å²) in [6.07, 6.45) is 2.44. The molecule has 0 radical (unpaired) electrons. The van der Waals surface area contributed by atoms with Crippen LogP contribution in [0.1, 0.15) is 50.8 Å². The summed E-state index contributed by atoms with van der Waals surface area (Å²) in [6, 6.07) is 6.81. The lowest BCUT2D eigenvalue weighted by molar-refractivity contribution is 0.448. The molecule has 0 aliphatic heterocycles. The van der Waals surface area contributed by atoms with Gasteiger partial charge in [0.05, 0.1) is 0 Å². The largest absolute Gasteiger partial charge is 0.310 e. The second-order valence-corrected chi connectivity index (χ2v) is 5.50. The Kier molecular flexibility index (Phi) is 6.01. The number of aryl methyl sites for hydroxylation is 1. The van der Waals surface area contributed by atoms with Crippen molar-refractivity contribution in [3.05, 3.63) is 34.3 Å². The van der Waals surface area contributed by atoms with Crippen molar-refractivity contribution in [1.82, 2.24) is 5.32 Å². The Morgan fingerprint density at radius 2 is 1.94 bits per heavy atom. The third-order valence-electron chi connectivity index (χ3n) is 3.07. The topological polar surface area (TPSA) is 12.0 Å². The zero-order valence-corrected chi connectivity index (χ0v) is 12.1. The summed E-state index contributed by atoms with van der Waals surface area (Å²) in [7, 11) is 0. The van der Waals surface area contributed by atoms with E-state index in [1.54, 1.807) is 0 Å². The minimum absolute atomic E-state index is 0.457. The third kappa shape index (κ3) is 4.69. The van der Waals surface area contributed by atoms with Crippen molar-refractivity contribution in [2.75, 3.05) is 6.54 Å². The zero-order valence-electron chi connectivity index (χ0n) is 11.4. The first-order chi connectivity index (χ1) is 8.04. The summed E-state index contributed by atoms with van der Waals surface area (Å²) >= 11 is 6.07. The van der Waals surface area contributed by atoms with E-state index in [-0.39, 0.29) is 0 Å². The predicted molar refractivity (Wildman–Crippen MR) is 76.7 cm³/mol. The van der Waals surface area contributed by atoms with E-state index >= 15 is 0 Å². The van der Waals surface area contributed by atoms with E-state index in [0.29, 0.717) is 6.04 Å². The summed E-state index contributed by atoms with van der Waals surface area (Å²) in [5, 5.41) is 4.41. The molecule has 0 aliphatic rings. The molecule has 1 rings (SSSR count). The van der Waals surface area contributed by atoms with Gasteiger partial charge >= 0.3 is 0 Å². The summed E-state index contributed by atoms with van der Waals surface area (Å²) in [4.78, 5) is 0. The maximum atomic E-state index is 6.07. The highest BCUT2D eigenvalue weighted by atomic mass is 35.5. The van der Waals surface area contributed by atoms with Crippen molar-refractivity contribution in [1.29, 1.82) is 0 Å². The highest BCUT2D eigenvalue weighted by molar-refractivity contribution is 6.31. The van der Waals surface area contributed by atoms with Gasteiger partial charge in [-0.05, 0) is 49.4 Å². The van der Waals surface area contributed by atoms with E-state index in [0.717, 1.165) is 23.0 Å². The maximum absolute atomic E-state index is 6.07. The van der Waals surface area contributed by atoms with E-state index in [4.69, 9.17) is 11.6 Å². The molecule has 0 saturated carbocycles. The molecule has 0 heterocycles. The van der Waals surface area contributed by atoms with Crippen LogP contribution in [0.4, 0.5) is 0 Å². The van der Waals surface area contributed by atoms with Crippen LogP contribution in [0.2, 0.25) is 5.02 Å². The molecule has 1 aromatic carbocycles. The number of benzene rings is 1. The Bertz CT molecular complexity index is 347. The molecule has 0 aliphatic carbocycles. The molecule has 1 nitrogen and oxygen atoms in total. The summed E-state index contributed by atoms with van der Waals surface area (Å²) in [6.45, 7) is 9.78. The summed E-state index contributed by atoms with van der Waals surface area (Å²) in [5.41, 5.74) is 2.52. The first-order valence-electron chi connectivity index (χ1n) is 6.54. The van der Waals surface area contributed by atoms with Gasteiger partial charge in [0.25, 0.3) is 0 Å². The van der Waals surface area contributed by atoms with Gasteiger partial charge in [0.15, 0.2) is 0 Å². The Morgan fingerprint density at radius 1 is 1.24 bits per heavy atom. The molecular formula is C15H24ClN. The lowest BCUT2D eigenvalue weighted by Gasteiger charge is -2.20. The van der Waals surface area contributed by atoms with E-state index in [9.17, 15) is 0 Å². The van der Waals surface area contributed by atoms with Gasteiger partial charge < -0.3 is 5.32 Å². The highest BCUT2D eigenvalue weighted by Gasteiger charge is 2.11. The van der Waals surface area contributed by atoms with Crippen molar-refractivity contribution < 1.29 is 0 Å². The van der Waals surface area contributed by atoms with Gasteiger partial charge in [-0.15, -0.1) is 0 Å². The molecule has 0 amide bonds. The van der Waals surface area contributed by atoms with Gasteiger partial charge in [-0.25, -0.2) is 0 Å². The predicted octanol–water partition coefficient (Wildman–Crippen LogP) is 4.74. The highest BCUT2D eigenvalue weighted by Crippen LogP contribution is 2.25. The molecule has 1 unspecified atom stereocenters. The van der Waals surface area contributed by atoms with Crippen LogP contribution >= 0.6 is 11.6 Å². The van der Waals surface area contributed by atoms with Gasteiger partial charge in [0, 0.05) is 11.1 Å². The van der Waals surface area contributed by atoms with Crippen molar-refractivity contribution >= 4 is 11.6 Å². The SMILES string of the molecule is CCNC(CCC(C)C)c1ccc(Cl)c(C)c1. The van der Waals surface area contributed by atoms with Crippen LogP contribution in [0.5, 0.6) is 0 Å². The number of hydrogen-bond acceptors (Lipinski definition) is 1. The smallest absolute Gasteiger partial charge is 0.0435 e. The fourth-order valence-corrected chi connectivity index (χ4v) is 2.14. The van der Waals surface area contributed by atoms with E-state index in [1.807, 2.05) is 6.07 Å². The average molecular weight is 254 g/mol. The lowest BCUT2D eigenvalue weighted by Crippen LogP contribution is -2.21. The Hall–Kier alpha value is -0.530. The fourth-order valence-electron chi connectivity index (χ4n) is 2.02. The van der Waals surface area contributed by atoms with Gasteiger partial charge in [0.1, 0.15) is 0 Å². The molecule has 96 valence electrons. The minimum atomic E-state index is 0.457. The Balaban J connectivity index is 2.77. The monoisotopic (exact) mass is 253 g/mol. The van der Waals surface area contributed by atoms with Crippen LogP contribution in [-0.2, 0) is 0 Å². The maximum Gasteiger partial charge on any atom is 0.0435 e. The molecule has 0 saturated heterocycles. The van der Waals surface area contributed by atoms with Crippen LogP contribution in [0.3, 0.4) is 0 Å². The number of hydrogen-bond donors (Lipinski definition) is 1. The molecule has 0 fully saturated rings. The van der Waals surface area contributed by atoms with Gasteiger partial charge in [-0.3, -0.25) is 0 Å². The second-order valence-electron chi connectivity index (χ2n) is 5.09. The molecule has 1 aromatic rings. The van der Waals surface area contributed by atoms with Crippen molar-refractivity contribution in [2.24, 2.45) is 5.92 Å². The van der Waals surface area contributed by atoms with Crippen LogP contribution in [0.25, 0.3) is 0 Å². The van der Waals surface area contributed by atoms with Crippen LogP contribution in [0, 0.1) is 12.8 Å². The van der Waals surface area contributed by atoms with Gasteiger partial charge in [0.2, 0.25) is 0 Å². The van der Waals surface area contributed by atoms with E-state index in [1.165, 1.54) is 18.4 Å². The Morgan fingerprint density at radius 3 is 2.47 bits per heavy atom. The summed E-state index contributed by atoms with van der Waals surface area (Å²) in [5.74, 6) is 0.754. The molecule has 0 bridgehead atoms. The molecule has 1 atom stereocenters. The van der Waals surface area contributed by atoms with Crippen molar-refractivity contribution in [3.8, 4) is 0 Å². The Labute approximate surface area is 111 Å². The first-order valence-corrected chi connectivity index (χ1v) is 6.91. The first kappa shape index (κ1) is 14.5. The van der Waals surface area contributed by atoms with Gasteiger partial charge in [-0.1, -0.05) is 44.5 Å². The fraction of sp³-hybridized carbons (Fsp3) is 0.600. The summed E-state index contributed by atoms with van der Waals surface area (Å²) < 4.78 is 0. The molecule has 0 aromatic heterocycles.